The Balaban J connectivity index is 2.66. The molecule has 1 aromatic rings. The van der Waals surface area contributed by atoms with Crippen molar-refractivity contribution in [3.63, 3.8) is 0 Å². The molecular formula is C17H29N3O. The maximum Gasteiger partial charge on any atom is 0.220 e. The molecule has 0 aliphatic heterocycles. The van der Waals surface area contributed by atoms with E-state index in [1.165, 1.54) is 11.3 Å². The third-order valence-electron chi connectivity index (χ3n) is 3.67. The minimum atomic E-state index is 0.147. The lowest BCUT2D eigenvalue weighted by Crippen LogP contribution is -2.34. The quantitative estimate of drug-likeness (QED) is 0.800. The molecule has 1 N–H and O–H groups in total. The first-order chi connectivity index (χ1) is 9.95. The van der Waals surface area contributed by atoms with Crippen LogP contribution in [0.3, 0.4) is 0 Å². The van der Waals surface area contributed by atoms with Gasteiger partial charge < -0.3 is 15.1 Å². The smallest absolute Gasteiger partial charge is 0.220 e. The lowest BCUT2D eigenvalue weighted by Gasteiger charge is -2.25. The Bertz CT molecular complexity index is 426. The van der Waals surface area contributed by atoms with Gasteiger partial charge in [0.2, 0.25) is 5.91 Å². The Morgan fingerprint density at radius 3 is 2.24 bits per heavy atom. The summed E-state index contributed by atoms with van der Waals surface area (Å²) in [6.45, 7) is 2.75. The molecule has 0 fully saturated rings. The van der Waals surface area contributed by atoms with Gasteiger partial charge in [-0.05, 0) is 38.2 Å². The molecule has 0 saturated heterocycles. The van der Waals surface area contributed by atoms with Crippen LogP contribution in [0.15, 0.2) is 24.3 Å². The Hall–Kier alpha value is -1.55. The predicted molar refractivity (Wildman–Crippen MR) is 89.7 cm³/mol. The molecule has 0 spiro atoms. The summed E-state index contributed by atoms with van der Waals surface area (Å²) in [6, 6.07) is 8.71. The molecule has 1 rings (SSSR count). The summed E-state index contributed by atoms with van der Waals surface area (Å²) in [6.07, 6.45) is 2.63. The lowest BCUT2D eigenvalue weighted by molar-refractivity contribution is -0.121. The number of rotatable bonds is 8. The zero-order valence-corrected chi connectivity index (χ0v) is 14.0. The fraction of sp³-hybridized carbons (Fsp3) is 0.588. The number of hydrogen-bond acceptors (Lipinski definition) is 3. The van der Waals surface area contributed by atoms with Crippen LogP contribution in [0.2, 0.25) is 0 Å². The number of benzene rings is 1. The highest BCUT2D eigenvalue weighted by molar-refractivity contribution is 5.75. The molecule has 0 aliphatic carbocycles. The van der Waals surface area contributed by atoms with Gasteiger partial charge in [-0.1, -0.05) is 25.5 Å². The van der Waals surface area contributed by atoms with Crippen LogP contribution in [-0.2, 0) is 4.79 Å². The normalized spacial score (nSPS) is 12.3. The second-order valence-electron chi connectivity index (χ2n) is 5.87. The SMILES string of the molecule is CCCCC(=O)NC[C@H](c1ccc(N(C)C)cc1)N(C)C. The Kier molecular flexibility index (Phi) is 7.23. The van der Waals surface area contributed by atoms with E-state index >= 15 is 0 Å². The van der Waals surface area contributed by atoms with E-state index in [0.29, 0.717) is 13.0 Å². The van der Waals surface area contributed by atoms with E-state index in [4.69, 9.17) is 0 Å². The summed E-state index contributed by atoms with van der Waals surface area (Å²) in [7, 11) is 8.16. The number of hydrogen-bond donors (Lipinski definition) is 1. The number of carbonyl (C=O) groups is 1. The number of likely N-dealkylation sites (N-methyl/N-ethyl adjacent to an activating group) is 1. The lowest BCUT2D eigenvalue weighted by atomic mass is 10.1. The van der Waals surface area contributed by atoms with Crippen molar-refractivity contribution in [3.8, 4) is 0 Å². The van der Waals surface area contributed by atoms with E-state index in [1.807, 2.05) is 28.2 Å². The molecule has 0 bridgehead atoms. The van der Waals surface area contributed by atoms with E-state index in [0.717, 1.165) is 12.8 Å². The van der Waals surface area contributed by atoms with Crippen LogP contribution in [0.5, 0.6) is 0 Å². The molecule has 4 nitrogen and oxygen atoms in total. The average Bonchev–Trinajstić information content (AvgIpc) is 2.45. The summed E-state index contributed by atoms with van der Waals surface area (Å²) in [4.78, 5) is 16.0. The van der Waals surface area contributed by atoms with Crippen LogP contribution in [0.25, 0.3) is 0 Å². The highest BCUT2D eigenvalue weighted by Gasteiger charge is 2.15. The van der Waals surface area contributed by atoms with Crippen molar-refractivity contribution in [3.05, 3.63) is 29.8 Å². The molecule has 0 heterocycles. The van der Waals surface area contributed by atoms with Gasteiger partial charge in [-0.25, -0.2) is 0 Å². The molecular weight excluding hydrogens is 262 g/mol. The van der Waals surface area contributed by atoms with Crippen molar-refractivity contribution >= 4 is 11.6 Å². The van der Waals surface area contributed by atoms with Gasteiger partial charge in [0.05, 0.1) is 6.04 Å². The van der Waals surface area contributed by atoms with Crippen LogP contribution in [0, 0.1) is 0 Å². The van der Waals surface area contributed by atoms with Crippen molar-refractivity contribution in [2.75, 3.05) is 39.6 Å². The van der Waals surface area contributed by atoms with Crippen molar-refractivity contribution in [2.24, 2.45) is 0 Å². The minimum absolute atomic E-state index is 0.147. The highest BCUT2D eigenvalue weighted by atomic mass is 16.1. The molecule has 1 atom stereocenters. The number of unbranched alkanes of at least 4 members (excludes halogenated alkanes) is 1. The van der Waals surface area contributed by atoms with Crippen LogP contribution in [0.1, 0.15) is 37.8 Å². The Morgan fingerprint density at radius 2 is 1.76 bits per heavy atom. The third kappa shape index (κ3) is 5.76. The van der Waals surface area contributed by atoms with Crippen LogP contribution in [-0.4, -0.2) is 45.5 Å². The first kappa shape index (κ1) is 17.5. The van der Waals surface area contributed by atoms with E-state index in [2.05, 4.69) is 46.3 Å². The molecule has 21 heavy (non-hydrogen) atoms. The van der Waals surface area contributed by atoms with Crippen LogP contribution in [0.4, 0.5) is 5.69 Å². The molecule has 0 aliphatic rings. The van der Waals surface area contributed by atoms with Gasteiger partial charge in [-0.15, -0.1) is 0 Å². The number of anilines is 1. The fourth-order valence-electron chi connectivity index (χ4n) is 2.23. The number of nitrogens with zero attached hydrogens (tertiary/aromatic N) is 2. The summed E-state index contributed by atoms with van der Waals surface area (Å²) >= 11 is 0. The summed E-state index contributed by atoms with van der Waals surface area (Å²) in [5.74, 6) is 0.147. The van der Waals surface area contributed by atoms with Crippen LogP contribution >= 0.6 is 0 Å². The minimum Gasteiger partial charge on any atom is -0.378 e. The average molecular weight is 291 g/mol. The molecule has 118 valence electrons. The largest absolute Gasteiger partial charge is 0.378 e. The summed E-state index contributed by atoms with van der Waals surface area (Å²) in [5.41, 5.74) is 2.41. The van der Waals surface area contributed by atoms with Gasteiger partial charge in [-0.3, -0.25) is 4.79 Å². The topological polar surface area (TPSA) is 35.6 Å². The van der Waals surface area contributed by atoms with Gasteiger partial charge in [0.25, 0.3) is 0 Å². The van der Waals surface area contributed by atoms with Gasteiger partial charge in [0.1, 0.15) is 0 Å². The monoisotopic (exact) mass is 291 g/mol. The van der Waals surface area contributed by atoms with Crippen molar-refractivity contribution in [1.29, 1.82) is 0 Å². The van der Waals surface area contributed by atoms with Gasteiger partial charge in [-0.2, -0.15) is 0 Å². The Morgan fingerprint density at radius 1 is 1.14 bits per heavy atom. The molecule has 4 heteroatoms. The first-order valence-electron chi connectivity index (χ1n) is 7.66. The molecule has 0 unspecified atom stereocenters. The second-order valence-corrected chi connectivity index (χ2v) is 5.87. The third-order valence-corrected chi connectivity index (χ3v) is 3.67. The highest BCUT2D eigenvalue weighted by Crippen LogP contribution is 2.20. The fourth-order valence-corrected chi connectivity index (χ4v) is 2.23. The predicted octanol–water partition coefficient (Wildman–Crippen LogP) is 2.66. The zero-order valence-electron chi connectivity index (χ0n) is 14.0. The molecule has 1 amide bonds. The number of nitrogens with one attached hydrogen (secondary N) is 1. The standard InChI is InChI=1S/C17H29N3O/c1-6-7-8-17(21)18-13-16(20(4)5)14-9-11-15(12-10-14)19(2)3/h9-12,16H,6-8,13H2,1-5H3,(H,18,21)/t16-/m1/s1. The van der Waals surface area contributed by atoms with E-state index in [1.54, 1.807) is 0 Å². The summed E-state index contributed by atoms with van der Waals surface area (Å²) < 4.78 is 0. The van der Waals surface area contributed by atoms with Crippen molar-refractivity contribution in [1.82, 2.24) is 10.2 Å². The molecule has 0 saturated carbocycles. The maximum absolute atomic E-state index is 11.8. The van der Waals surface area contributed by atoms with Crippen LogP contribution < -0.4 is 10.2 Å². The first-order valence-corrected chi connectivity index (χ1v) is 7.66. The Labute approximate surface area is 129 Å². The zero-order chi connectivity index (χ0) is 15.8. The van der Waals surface area contributed by atoms with E-state index in [9.17, 15) is 4.79 Å². The molecule has 0 aromatic heterocycles. The van der Waals surface area contributed by atoms with Crippen molar-refractivity contribution < 1.29 is 4.79 Å². The van der Waals surface area contributed by atoms with E-state index in [-0.39, 0.29) is 11.9 Å². The van der Waals surface area contributed by atoms with Gasteiger partial charge in [0, 0.05) is 32.7 Å². The van der Waals surface area contributed by atoms with Gasteiger partial charge in [0.15, 0.2) is 0 Å². The van der Waals surface area contributed by atoms with Gasteiger partial charge >= 0.3 is 0 Å². The number of carbonyl (C=O) groups excluding carboxylic acids is 1. The maximum atomic E-state index is 11.8. The van der Waals surface area contributed by atoms with E-state index < -0.39 is 0 Å². The van der Waals surface area contributed by atoms with Crippen molar-refractivity contribution in [2.45, 2.75) is 32.2 Å². The second kappa shape index (κ2) is 8.67. The molecule has 1 aromatic carbocycles. The molecule has 0 radical (unpaired) electrons. The summed E-state index contributed by atoms with van der Waals surface area (Å²) in [5, 5.41) is 3.04. The number of amides is 1.